The number of carbonyl (C=O) groups is 2. The normalized spacial score (nSPS) is 14.4. The number of H-pyrrole nitrogens is 1. The summed E-state index contributed by atoms with van der Waals surface area (Å²) in [7, 11) is 0. The Morgan fingerprint density at radius 1 is 1.14 bits per heavy atom. The molecule has 2 aromatic rings. The van der Waals surface area contributed by atoms with Crippen LogP contribution in [0.5, 0.6) is 0 Å². The zero-order valence-electron chi connectivity index (χ0n) is 15.4. The Kier molecular flexibility index (Phi) is 6.70. The van der Waals surface area contributed by atoms with Crippen LogP contribution in [0.1, 0.15) is 36.0 Å². The van der Waals surface area contributed by atoms with E-state index in [1.54, 1.807) is 30.3 Å². The number of thioether (sulfide) groups is 1. The molecule has 1 aliphatic rings. The number of benzene rings is 1. The van der Waals surface area contributed by atoms with Crippen molar-refractivity contribution in [3.8, 4) is 0 Å². The Morgan fingerprint density at radius 2 is 1.82 bits per heavy atom. The molecule has 8 nitrogen and oxygen atoms in total. The molecule has 0 spiro atoms. The highest BCUT2D eigenvalue weighted by molar-refractivity contribution is 7.99. The quantitative estimate of drug-likeness (QED) is 0.521. The number of hydrogen-bond donors (Lipinski definition) is 3. The maximum atomic E-state index is 12.4. The second-order valence-electron chi connectivity index (χ2n) is 6.54. The second kappa shape index (κ2) is 9.41. The fourth-order valence-corrected chi connectivity index (χ4v) is 3.75. The van der Waals surface area contributed by atoms with E-state index in [2.05, 4.69) is 15.3 Å². The fraction of sp³-hybridized carbons (Fsp3) is 0.368. The number of aromatic nitrogens is 2. The van der Waals surface area contributed by atoms with Crippen molar-refractivity contribution in [1.82, 2.24) is 14.9 Å². The van der Waals surface area contributed by atoms with Crippen molar-refractivity contribution >= 4 is 35.1 Å². The smallest absolute Gasteiger partial charge is 0.277 e. The topological polar surface area (TPSA) is 121 Å². The molecule has 0 atom stereocenters. The summed E-state index contributed by atoms with van der Waals surface area (Å²) in [6.45, 7) is 1.55. The average Bonchev–Trinajstić information content (AvgIpc) is 2.99. The van der Waals surface area contributed by atoms with Crippen LogP contribution < -0.4 is 16.6 Å². The van der Waals surface area contributed by atoms with Crippen LogP contribution in [0.15, 0.2) is 40.3 Å². The molecule has 28 heavy (non-hydrogen) atoms. The summed E-state index contributed by atoms with van der Waals surface area (Å²) in [6, 6.07) is 8.50. The van der Waals surface area contributed by atoms with E-state index in [-0.39, 0.29) is 28.3 Å². The number of nitrogens with two attached hydrogens (primary N) is 1. The van der Waals surface area contributed by atoms with Gasteiger partial charge in [-0.1, -0.05) is 42.8 Å². The molecule has 9 heteroatoms. The molecular formula is C19H23N5O3S. The minimum absolute atomic E-state index is 0.0228. The molecule has 1 aliphatic heterocycles. The SMILES string of the molecule is Nc1nc(SCC(=O)N2CCCCCC2)[nH]c(=O)c1NC(=O)c1ccccc1. The van der Waals surface area contributed by atoms with Gasteiger partial charge < -0.3 is 16.0 Å². The largest absolute Gasteiger partial charge is 0.382 e. The molecule has 0 unspecified atom stereocenters. The van der Waals surface area contributed by atoms with Crippen LogP contribution in [0.4, 0.5) is 11.5 Å². The van der Waals surface area contributed by atoms with Crippen molar-refractivity contribution in [3.63, 3.8) is 0 Å². The molecule has 1 saturated heterocycles. The number of carbonyl (C=O) groups excluding carboxylic acids is 2. The third-order valence-electron chi connectivity index (χ3n) is 4.49. The molecule has 148 valence electrons. The summed E-state index contributed by atoms with van der Waals surface area (Å²) in [5, 5.41) is 2.74. The molecule has 1 fully saturated rings. The first kappa shape index (κ1) is 19.9. The number of nitrogen functional groups attached to an aromatic ring is 1. The fourth-order valence-electron chi connectivity index (χ4n) is 2.98. The molecule has 3 rings (SSSR count). The van der Waals surface area contributed by atoms with Crippen LogP contribution >= 0.6 is 11.8 Å². The van der Waals surface area contributed by atoms with Gasteiger partial charge in [-0.05, 0) is 25.0 Å². The van der Waals surface area contributed by atoms with Gasteiger partial charge in [0, 0.05) is 18.7 Å². The Bertz CT molecular complexity index is 892. The van der Waals surface area contributed by atoms with Crippen LogP contribution in [-0.2, 0) is 4.79 Å². The Hall–Kier alpha value is -2.81. The standard InChI is InChI=1S/C19H23N5O3S/c20-16-15(21-17(26)13-8-4-3-5-9-13)18(27)23-19(22-16)28-12-14(25)24-10-6-1-2-7-11-24/h3-5,8-9H,1-2,6-7,10-12H2,(H,21,26)(H3,20,22,23,27). The molecule has 0 saturated carbocycles. The lowest BCUT2D eigenvalue weighted by atomic mass is 10.2. The highest BCUT2D eigenvalue weighted by Crippen LogP contribution is 2.19. The van der Waals surface area contributed by atoms with Gasteiger partial charge in [-0.25, -0.2) is 4.98 Å². The van der Waals surface area contributed by atoms with Crippen LogP contribution in [0.25, 0.3) is 0 Å². The zero-order valence-corrected chi connectivity index (χ0v) is 16.3. The van der Waals surface area contributed by atoms with Gasteiger partial charge in [0.05, 0.1) is 5.75 Å². The van der Waals surface area contributed by atoms with Crippen molar-refractivity contribution in [1.29, 1.82) is 0 Å². The molecule has 2 heterocycles. The van der Waals surface area contributed by atoms with E-state index in [9.17, 15) is 14.4 Å². The van der Waals surface area contributed by atoms with Gasteiger partial charge in [-0.2, -0.15) is 0 Å². The highest BCUT2D eigenvalue weighted by atomic mass is 32.2. The van der Waals surface area contributed by atoms with Crippen molar-refractivity contribution in [2.24, 2.45) is 0 Å². The van der Waals surface area contributed by atoms with E-state index in [1.807, 2.05) is 4.90 Å². The van der Waals surface area contributed by atoms with E-state index in [1.165, 1.54) is 0 Å². The monoisotopic (exact) mass is 401 g/mol. The second-order valence-corrected chi connectivity index (χ2v) is 7.50. The summed E-state index contributed by atoms with van der Waals surface area (Å²) in [5.41, 5.74) is 5.62. The van der Waals surface area contributed by atoms with Crippen molar-refractivity contribution in [2.75, 3.05) is 29.9 Å². The number of aromatic amines is 1. The van der Waals surface area contributed by atoms with Gasteiger partial charge in [0.15, 0.2) is 11.0 Å². The highest BCUT2D eigenvalue weighted by Gasteiger charge is 2.18. The van der Waals surface area contributed by atoms with Crippen molar-refractivity contribution < 1.29 is 9.59 Å². The van der Waals surface area contributed by atoms with Crippen molar-refractivity contribution in [3.05, 3.63) is 46.2 Å². The van der Waals surface area contributed by atoms with E-state index < -0.39 is 11.5 Å². The third-order valence-corrected chi connectivity index (χ3v) is 5.35. The zero-order chi connectivity index (χ0) is 19.9. The van der Waals surface area contributed by atoms with Gasteiger partial charge in [0.2, 0.25) is 5.91 Å². The molecule has 2 amide bonds. The lowest BCUT2D eigenvalue weighted by Crippen LogP contribution is -2.33. The molecule has 4 N–H and O–H groups in total. The Labute approximate surface area is 166 Å². The number of likely N-dealkylation sites (tertiary alicyclic amines) is 1. The van der Waals surface area contributed by atoms with Gasteiger partial charge >= 0.3 is 0 Å². The Morgan fingerprint density at radius 3 is 2.46 bits per heavy atom. The number of rotatable bonds is 5. The first-order valence-electron chi connectivity index (χ1n) is 9.21. The van der Waals surface area contributed by atoms with Gasteiger partial charge in [0.1, 0.15) is 5.69 Å². The molecule has 1 aromatic heterocycles. The van der Waals surface area contributed by atoms with Gasteiger partial charge in [-0.15, -0.1) is 0 Å². The van der Waals surface area contributed by atoms with Gasteiger partial charge in [-0.3, -0.25) is 19.4 Å². The number of amides is 2. The number of nitrogens with one attached hydrogen (secondary N) is 2. The predicted molar refractivity (Wildman–Crippen MR) is 109 cm³/mol. The number of anilines is 2. The number of hydrogen-bond acceptors (Lipinski definition) is 6. The lowest BCUT2D eigenvalue weighted by Gasteiger charge is -2.19. The van der Waals surface area contributed by atoms with Crippen LogP contribution in [-0.4, -0.2) is 45.5 Å². The number of nitrogens with zero attached hydrogens (tertiary/aromatic N) is 2. The van der Waals surface area contributed by atoms with Gasteiger partial charge in [0.25, 0.3) is 11.5 Å². The van der Waals surface area contributed by atoms with E-state index in [4.69, 9.17) is 5.73 Å². The summed E-state index contributed by atoms with van der Waals surface area (Å²) < 4.78 is 0. The average molecular weight is 401 g/mol. The van der Waals surface area contributed by atoms with Crippen LogP contribution in [0.3, 0.4) is 0 Å². The first-order chi connectivity index (χ1) is 13.5. The molecule has 0 aliphatic carbocycles. The maximum Gasteiger partial charge on any atom is 0.277 e. The van der Waals surface area contributed by atoms with Crippen LogP contribution in [0.2, 0.25) is 0 Å². The minimum atomic E-state index is -0.554. The summed E-state index contributed by atoms with van der Waals surface area (Å²) in [5.74, 6) is -0.332. The van der Waals surface area contributed by atoms with E-state index in [0.29, 0.717) is 5.56 Å². The molecule has 1 aromatic carbocycles. The molecule has 0 bridgehead atoms. The van der Waals surface area contributed by atoms with E-state index >= 15 is 0 Å². The molecular weight excluding hydrogens is 378 g/mol. The third kappa shape index (κ3) is 5.13. The van der Waals surface area contributed by atoms with Crippen LogP contribution in [0, 0.1) is 0 Å². The minimum Gasteiger partial charge on any atom is -0.382 e. The predicted octanol–water partition coefficient (Wildman–Crippen LogP) is 2.10. The first-order valence-corrected chi connectivity index (χ1v) is 10.2. The molecule has 0 radical (unpaired) electrons. The lowest BCUT2D eigenvalue weighted by molar-refractivity contribution is -0.128. The Balaban J connectivity index is 1.64. The van der Waals surface area contributed by atoms with E-state index in [0.717, 1.165) is 50.5 Å². The maximum absolute atomic E-state index is 12.4. The van der Waals surface area contributed by atoms with Crippen molar-refractivity contribution in [2.45, 2.75) is 30.8 Å². The summed E-state index contributed by atoms with van der Waals surface area (Å²) in [4.78, 5) is 45.4. The summed E-state index contributed by atoms with van der Waals surface area (Å²) in [6.07, 6.45) is 4.35. The summed E-state index contributed by atoms with van der Waals surface area (Å²) >= 11 is 1.13.